The van der Waals surface area contributed by atoms with Gasteiger partial charge >= 0.3 is 6.18 Å². The molecule has 0 aliphatic rings. The molecule has 0 aliphatic carbocycles. The van der Waals surface area contributed by atoms with Crippen LogP contribution in [0.15, 0.2) is 36.4 Å². The van der Waals surface area contributed by atoms with E-state index in [1.807, 2.05) is 0 Å². The lowest BCUT2D eigenvalue weighted by atomic mass is 10.1. The zero-order valence-electron chi connectivity index (χ0n) is 10.8. The molecule has 0 N–H and O–H groups in total. The molecule has 3 aromatic rings. The van der Waals surface area contributed by atoms with E-state index in [9.17, 15) is 18.0 Å². The Morgan fingerprint density at radius 2 is 1.62 bits per heavy atom. The molecule has 0 spiro atoms. The first-order valence-corrected chi connectivity index (χ1v) is 6.48. The van der Waals surface area contributed by atoms with Crippen LogP contribution < -0.4 is 0 Å². The van der Waals surface area contributed by atoms with Crippen LogP contribution >= 0.6 is 11.6 Å². The van der Waals surface area contributed by atoms with E-state index in [0.717, 1.165) is 12.1 Å². The van der Waals surface area contributed by atoms with Crippen LogP contribution in [0.5, 0.6) is 0 Å². The van der Waals surface area contributed by atoms with Gasteiger partial charge in [0.1, 0.15) is 0 Å². The molecule has 2 aromatic carbocycles. The Kier molecular flexibility index (Phi) is 2.99. The second-order valence-corrected chi connectivity index (χ2v) is 5.18. The summed E-state index contributed by atoms with van der Waals surface area (Å²) < 4.78 is 40.0. The molecular weight excluding hydrogens is 303 g/mol. The monoisotopic (exact) mass is 311 g/mol. The highest BCUT2D eigenvalue weighted by atomic mass is 35.5. The van der Waals surface area contributed by atoms with Crippen LogP contribution in [0.2, 0.25) is 5.02 Å². The van der Waals surface area contributed by atoms with Crippen molar-refractivity contribution < 1.29 is 18.0 Å². The molecule has 0 aliphatic heterocycles. The van der Waals surface area contributed by atoms with Crippen LogP contribution in [0, 0.1) is 0 Å². The molecule has 108 valence electrons. The normalized spacial score (nSPS) is 12.2. The maximum atomic E-state index is 12.9. The molecule has 0 amide bonds. The minimum atomic E-state index is -4.43. The van der Waals surface area contributed by atoms with Gasteiger partial charge in [-0.05, 0) is 36.4 Å². The van der Waals surface area contributed by atoms with E-state index in [0.29, 0.717) is 26.8 Å². The molecule has 1 heterocycles. The van der Waals surface area contributed by atoms with Gasteiger partial charge in [-0.2, -0.15) is 13.2 Å². The number of rotatable bonds is 0. The Labute approximate surface area is 122 Å². The van der Waals surface area contributed by atoms with Crippen LogP contribution in [-0.2, 0) is 6.18 Å². The van der Waals surface area contributed by atoms with Crippen LogP contribution in [0.3, 0.4) is 0 Å². The second-order valence-electron chi connectivity index (χ2n) is 4.75. The van der Waals surface area contributed by atoms with Crippen molar-refractivity contribution in [3.05, 3.63) is 47.0 Å². The van der Waals surface area contributed by atoms with Crippen molar-refractivity contribution in [1.82, 2.24) is 4.57 Å². The largest absolute Gasteiger partial charge is 0.416 e. The molecule has 0 unspecified atom stereocenters. The van der Waals surface area contributed by atoms with E-state index in [4.69, 9.17) is 11.6 Å². The average Bonchev–Trinajstić information content (AvgIpc) is 2.70. The molecule has 0 fully saturated rings. The van der Waals surface area contributed by atoms with E-state index in [2.05, 4.69) is 0 Å². The van der Waals surface area contributed by atoms with Crippen LogP contribution in [0.4, 0.5) is 13.2 Å². The number of benzene rings is 2. The number of fused-ring (bicyclic) bond motifs is 3. The van der Waals surface area contributed by atoms with Gasteiger partial charge in [0.2, 0.25) is 5.91 Å². The zero-order chi connectivity index (χ0) is 15.4. The summed E-state index contributed by atoms with van der Waals surface area (Å²) in [4.78, 5) is 11.8. The van der Waals surface area contributed by atoms with Gasteiger partial charge in [-0.15, -0.1) is 0 Å². The molecule has 6 heteroatoms. The quantitative estimate of drug-likeness (QED) is 0.564. The number of hydrogen-bond acceptors (Lipinski definition) is 1. The number of carbonyl (C=O) groups is 1. The number of hydrogen-bond donors (Lipinski definition) is 0. The molecule has 0 radical (unpaired) electrons. The Morgan fingerprint density at radius 3 is 2.19 bits per heavy atom. The van der Waals surface area contributed by atoms with Gasteiger partial charge in [0, 0.05) is 22.7 Å². The summed E-state index contributed by atoms with van der Waals surface area (Å²) in [6.45, 7) is 1.37. The lowest BCUT2D eigenvalue weighted by Gasteiger charge is -2.07. The van der Waals surface area contributed by atoms with Crippen molar-refractivity contribution in [3.8, 4) is 0 Å². The predicted molar refractivity (Wildman–Crippen MR) is 75.8 cm³/mol. The van der Waals surface area contributed by atoms with Gasteiger partial charge in [-0.3, -0.25) is 9.36 Å². The highest BCUT2D eigenvalue weighted by Gasteiger charge is 2.31. The lowest BCUT2D eigenvalue weighted by Crippen LogP contribution is -2.06. The summed E-state index contributed by atoms with van der Waals surface area (Å²) in [5, 5.41) is 1.29. The van der Waals surface area contributed by atoms with E-state index in [-0.39, 0.29) is 5.91 Å². The molecule has 21 heavy (non-hydrogen) atoms. The van der Waals surface area contributed by atoms with Gasteiger partial charge in [0.15, 0.2) is 0 Å². The highest BCUT2D eigenvalue weighted by molar-refractivity contribution is 6.32. The number of alkyl halides is 3. The van der Waals surface area contributed by atoms with Crippen molar-refractivity contribution in [2.45, 2.75) is 13.1 Å². The van der Waals surface area contributed by atoms with Gasteiger partial charge < -0.3 is 0 Å². The van der Waals surface area contributed by atoms with Gasteiger partial charge in [-0.1, -0.05) is 11.6 Å². The third-order valence-corrected chi connectivity index (χ3v) is 3.60. The fraction of sp³-hybridized carbons (Fsp3) is 0.133. The minimum absolute atomic E-state index is 0.267. The Bertz CT molecular complexity index is 880. The van der Waals surface area contributed by atoms with E-state index >= 15 is 0 Å². The van der Waals surface area contributed by atoms with Crippen LogP contribution in [0.25, 0.3) is 21.8 Å². The first-order chi connectivity index (χ1) is 9.79. The fourth-order valence-corrected chi connectivity index (χ4v) is 2.68. The van der Waals surface area contributed by atoms with Gasteiger partial charge in [0.25, 0.3) is 0 Å². The van der Waals surface area contributed by atoms with Gasteiger partial charge in [-0.25, -0.2) is 0 Å². The third kappa shape index (κ3) is 2.17. The summed E-state index contributed by atoms with van der Waals surface area (Å²) >= 11 is 5.92. The Hall–Kier alpha value is -2.01. The molecule has 0 saturated carbocycles. The molecule has 0 saturated heterocycles. The molecule has 2 nitrogen and oxygen atoms in total. The molecular formula is C15H9ClF3NO. The maximum Gasteiger partial charge on any atom is 0.416 e. The summed E-state index contributed by atoms with van der Waals surface area (Å²) in [5.74, 6) is -0.267. The number of nitrogens with zero attached hydrogens (tertiary/aromatic N) is 1. The second kappa shape index (κ2) is 4.49. The summed E-state index contributed by atoms with van der Waals surface area (Å²) in [7, 11) is 0. The van der Waals surface area contributed by atoms with Crippen LogP contribution in [-0.4, -0.2) is 10.5 Å². The summed E-state index contributed by atoms with van der Waals surface area (Å²) in [6, 6.07) is 8.14. The van der Waals surface area contributed by atoms with Crippen molar-refractivity contribution in [2.24, 2.45) is 0 Å². The van der Waals surface area contributed by atoms with E-state index < -0.39 is 11.7 Å². The third-order valence-electron chi connectivity index (χ3n) is 3.37. The first kappa shape index (κ1) is 13.9. The topological polar surface area (TPSA) is 22.0 Å². The zero-order valence-corrected chi connectivity index (χ0v) is 11.6. The smallest absolute Gasteiger partial charge is 0.280 e. The lowest BCUT2D eigenvalue weighted by molar-refractivity contribution is -0.137. The highest BCUT2D eigenvalue weighted by Crippen LogP contribution is 2.36. The minimum Gasteiger partial charge on any atom is -0.280 e. The SMILES string of the molecule is CC(=O)n1c2ccc(Cl)cc2c2cc(C(F)(F)F)ccc21. The number of carbonyl (C=O) groups excluding carboxylic acids is 1. The van der Waals surface area contributed by atoms with Crippen molar-refractivity contribution in [1.29, 1.82) is 0 Å². The summed E-state index contributed by atoms with van der Waals surface area (Å²) in [5.41, 5.74) is 0.228. The van der Waals surface area contributed by atoms with Crippen LogP contribution in [0.1, 0.15) is 17.3 Å². The molecule has 0 bridgehead atoms. The molecule has 1 aromatic heterocycles. The first-order valence-electron chi connectivity index (χ1n) is 6.11. The van der Waals surface area contributed by atoms with E-state index in [1.54, 1.807) is 18.2 Å². The average molecular weight is 312 g/mol. The number of aromatic nitrogens is 1. The standard InChI is InChI=1S/C15H9ClF3NO/c1-8(21)20-13-4-2-9(15(17,18)19)6-11(13)12-7-10(16)3-5-14(12)20/h2-7H,1H3. The maximum absolute atomic E-state index is 12.9. The Balaban J connectivity index is 2.49. The number of halogens is 4. The van der Waals surface area contributed by atoms with Crippen molar-refractivity contribution in [2.75, 3.05) is 0 Å². The van der Waals surface area contributed by atoms with Crippen molar-refractivity contribution >= 4 is 39.3 Å². The summed E-state index contributed by atoms with van der Waals surface area (Å²) in [6.07, 6.45) is -4.43. The Morgan fingerprint density at radius 1 is 1.05 bits per heavy atom. The molecule has 0 atom stereocenters. The molecule has 3 rings (SSSR count). The van der Waals surface area contributed by atoms with Gasteiger partial charge in [0.05, 0.1) is 16.6 Å². The fourth-order valence-electron chi connectivity index (χ4n) is 2.51. The van der Waals surface area contributed by atoms with Crippen molar-refractivity contribution in [3.63, 3.8) is 0 Å². The predicted octanol–water partition coefficient (Wildman–Crippen LogP) is 5.13. The van der Waals surface area contributed by atoms with E-state index in [1.165, 1.54) is 17.6 Å².